The van der Waals surface area contributed by atoms with E-state index in [1.165, 1.54) is 10.9 Å². The Kier molecular flexibility index (Phi) is 4.78. The molecule has 0 unspecified atom stereocenters. The standard InChI is InChI=1S/C19H19N5O3/c25-18(12-24-13-20-16-5-2-1-4-15(16)19(24)26)23-10-7-14(8-11-23)27-17-6-3-9-21-22-17/h1-6,9,13-14H,7-8,10-12H2. The second kappa shape index (κ2) is 7.53. The van der Waals surface area contributed by atoms with E-state index in [0.29, 0.717) is 42.7 Å². The number of benzene rings is 1. The number of rotatable bonds is 4. The van der Waals surface area contributed by atoms with Crippen LogP contribution in [0.1, 0.15) is 12.8 Å². The highest BCUT2D eigenvalue weighted by Gasteiger charge is 2.24. The number of hydrogen-bond donors (Lipinski definition) is 0. The third-order valence-corrected chi connectivity index (χ3v) is 4.67. The zero-order chi connectivity index (χ0) is 18.6. The molecule has 0 atom stereocenters. The molecule has 1 fully saturated rings. The Morgan fingerprint density at radius 3 is 2.74 bits per heavy atom. The van der Waals surface area contributed by atoms with Gasteiger partial charge < -0.3 is 9.64 Å². The maximum atomic E-state index is 12.6. The van der Waals surface area contributed by atoms with Gasteiger partial charge in [-0.1, -0.05) is 12.1 Å². The number of hydrogen-bond acceptors (Lipinski definition) is 6. The minimum atomic E-state index is -0.199. The molecule has 2 aromatic heterocycles. The Labute approximate surface area is 155 Å². The van der Waals surface area contributed by atoms with Crippen LogP contribution in [0, 0.1) is 0 Å². The monoisotopic (exact) mass is 365 g/mol. The number of likely N-dealkylation sites (tertiary alicyclic amines) is 1. The van der Waals surface area contributed by atoms with E-state index in [9.17, 15) is 9.59 Å². The van der Waals surface area contributed by atoms with Gasteiger partial charge in [0.15, 0.2) is 0 Å². The van der Waals surface area contributed by atoms with Gasteiger partial charge in [0.1, 0.15) is 12.6 Å². The van der Waals surface area contributed by atoms with Gasteiger partial charge >= 0.3 is 0 Å². The van der Waals surface area contributed by atoms with Gasteiger partial charge in [-0.15, -0.1) is 5.10 Å². The minimum Gasteiger partial charge on any atom is -0.473 e. The predicted molar refractivity (Wildman–Crippen MR) is 98.3 cm³/mol. The fraction of sp³-hybridized carbons (Fsp3) is 0.316. The minimum absolute atomic E-state index is 0.00759. The van der Waals surface area contributed by atoms with Crippen molar-refractivity contribution in [1.82, 2.24) is 24.6 Å². The van der Waals surface area contributed by atoms with Crippen LogP contribution in [0.25, 0.3) is 10.9 Å². The first kappa shape index (κ1) is 17.1. The molecule has 138 valence electrons. The largest absolute Gasteiger partial charge is 0.473 e. The Morgan fingerprint density at radius 2 is 1.96 bits per heavy atom. The van der Waals surface area contributed by atoms with Crippen molar-refractivity contribution in [2.45, 2.75) is 25.5 Å². The summed E-state index contributed by atoms with van der Waals surface area (Å²) in [6, 6.07) is 10.7. The van der Waals surface area contributed by atoms with E-state index in [1.807, 2.05) is 6.07 Å². The van der Waals surface area contributed by atoms with Crippen LogP contribution in [-0.2, 0) is 11.3 Å². The molecule has 1 amide bonds. The Morgan fingerprint density at radius 1 is 1.15 bits per heavy atom. The summed E-state index contributed by atoms with van der Waals surface area (Å²) in [5, 5.41) is 8.23. The lowest BCUT2D eigenvalue weighted by Crippen LogP contribution is -2.44. The highest BCUT2D eigenvalue weighted by Crippen LogP contribution is 2.16. The van der Waals surface area contributed by atoms with E-state index < -0.39 is 0 Å². The van der Waals surface area contributed by atoms with Gasteiger partial charge in [-0.3, -0.25) is 14.2 Å². The van der Waals surface area contributed by atoms with Gasteiger partial charge in [-0.2, -0.15) is 5.10 Å². The first-order valence-corrected chi connectivity index (χ1v) is 8.87. The Bertz CT molecular complexity index is 997. The molecule has 0 aliphatic carbocycles. The number of ether oxygens (including phenoxy) is 1. The predicted octanol–water partition coefficient (Wildman–Crippen LogP) is 1.26. The second-order valence-corrected chi connectivity index (χ2v) is 6.45. The van der Waals surface area contributed by atoms with Crippen molar-refractivity contribution in [1.29, 1.82) is 0 Å². The highest BCUT2D eigenvalue weighted by molar-refractivity contribution is 5.79. The van der Waals surface area contributed by atoms with Crippen molar-refractivity contribution >= 4 is 16.8 Å². The number of aromatic nitrogens is 4. The zero-order valence-corrected chi connectivity index (χ0v) is 14.7. The van der Waals surface area contributed by atoms with Gasteiger partial charge in [-0.05, 0) is 18.2 Å². The summed E-state index contributed by atoms with van der Waals surface area (Å²) in [4.78, 5) is 31.1. The molecule has 0 saturated carbocycles. The van der Waals surface area contributed by atoms with Crippen molar-refractivity contribution in [2.75, 3.05) is 13.1 Å². The first-order chi connectivity index (χ1) is 13.2. The summed E-state index contributed by atoms with van der Waals surface area (Å²) < 4.78 is 7.16. The molecule has 4 rings (SSSR count). The van der Waals surface area contributed by atoms with Gasteiger partial charge in [-0.25, -0.2) is 4.98 Å². The molecule has 27 heavy (non-hydrogen) atoms. The fourth-order valence-corrected chi connectivity index (χ4v) is 3.21. The lowest BCUT2D eigenvalue weighted by molar-refractivity contribution is -0.133. The van der Waals surface area contributed by atoms with Crippen molar-refractivity contribution in [2.24, 2.45) is 0 Å². The van der Waals surface area contributed by atoms with E-state index in [1.54, 1.807) is 41.4 Å². The number of nitrogens with zero attached hydrogens (tertiary/aromatic N) is 5. The number of piperidine rings is 1. The molecule has 1 aliphatic heterocycles. The summed E-state index contributed by atoms with van der Waals surface area (Å²) in [5.41, 5.74) is 0.433. The summed E-state index contributed by atoms with van der Waals surface area (Å²) in [6.45, 7) is 1.16. The number of carbonyl (C=O) groups excluding carboxylic acids is 1. The molecule has 1 aromatic carbocycles. The summed E-state index contributed by atoms with van der Waals surface area (Å²) in [6.07, 6.45) is 4.47. The highest BCUT2D eigenvalue weighted by atomic mass is 16.5. The van der Waals surface area contributed by atoms with E-state index in [2.05, 4.69) is 15.2 Å². The molecule has 3 heterocycles. The number of amides is 1. The molecular weight excluding hydrogens is 346 g/mol. The summed E-state index contributed by atoms with van der Waals surface area (Å²) in [7, 11) is 0. The van der Waals surface area contributed by atoms with Crippen molar-refractivity contribution in [3.63, 3.8) is 0 Å². The van der Waals surface area contributed by atoms with Crippen molar-refractivity contribution in [3.8, 4) is 5.88 Å². The SMILES string of the molecule is O=C(Cn1cnc2ccccc2c1=O)N1CCC(Oc2cccnn2)CC1. The van der Waals surface area contributed by atoms with Crippen molar-refractivity contribution < 1.29 is 9.53 Å². The molecule has 0 N–H and O–H groups in total. The Balaban J connectivity index is 1.37. The topological polar surface area (TPSA) is 90.2 Å². The van der Waals surface area contributed by atoms with Crippen LogP contribution in [0.15, 0.2) is 53.7 Å². The summed E-state index contributed by atoms with van der Waals surface area (Å²) >= 11 is 0. The smallest absolute Gasteiger partial charge is 0.261 e. The van der Waals surface area contributed by atoms with Crippen LogP contribution >= 0.6 is 0 Å². The molecule has 1 aliphatic rings. The van der Waals surface area contributed by atoms with Gasteiger partial charge in [0, 0.05) is 38.2 Å². The average Bonchev–Trinajstić information content (AvgIpc) is 2.71. The fourth-order valence-electron chi connectivity index (χ4n) is 3.21. The van der Waals surface area contributed by atoms with E-state index >= 15 is 0 Å². The quantitative estimate of drug-likeness (QED) is 0.691. The van der Waals surface area contributed by atoms with Gasteiger partial charge in [0.05, 0.1) is 17.2 Å². The number of para-hydroxylation sites is 1. The molecule has 3 aromatic rings. The van der Waals surface area contributed by atoms with Crippen LogP contribution in [0.2, 0.25) is 0 Å². The molecule has 8 heteroatoms. The van der Waals surface area contributed by atoms with E-state index in [0.717, 1.165) is 0 Å². The Hall–Kier alpha value is -3.29. The van der Waals surface area contributed by atoms with Gasteiger partial charge in [0.2, 0.25) is 11.8 Å². The molecule has 0 bridgehead atoms. The third-order valence-electron chi connectivity index (χ3n) is 4.67. The number of fused-ring (bicyclic) bond motifs is 1. The van der Waals surface area contributed by atoms with Gasteiger partial charge in [0.25, 0.3) is 5.56 Å². The molecule has 0 radical (unpaired) electrons. The zero-order valence-electron chi connectivity index (χ0n) is 14.7. The van der Waals surface area contributed by atoms with Crippen LogP contribution in [0.3, 0.4) is 0 Å². The van der Waals surface area contributed by atoms with Crippen LogP contribution in [-0.4, -0.2) is 49.7 Å². The lowest BCUT2D eigenvalue weighted by Gasteiger charge is -2.32. The van der Waals surface area contributed by atoms with Crippen molar-refractivity contribution in [3.05, 3.63) is 59.3 Å². The lowest BCUT2D eigenvalue weighted by atomic mass is 10.1. The molecular formula is C19H19N5O3. The number of carbonyl (C=O) groups is 1. The van der Waals surface area contributed by atoms with Crippen LogP contribution in [0.4, 0.5) is 0 Å². The van der Waals surface area contributed by atoms with E-state index in [4.69, 9.17) is 4.74 Å². The molecule has 0 spiro atoms. The summed E-state index contributed by atoms with van der Waals surface area (Å²) in [5.74, 6) is 0.406. The average molecular weight is 365 g/mol. The normalized spacial score (nSPS) is 15.0. The second-order valence-electron chi connectivity index (χ2n) is 6.45. The maximum absolute atomic E-state index is 12.6. The van der Waals surface area contributed by atoms with Crippen LogP contribution in [0.5, 0.6) is 5.88 Å². The third kappa shape index (κ3) is 3.79. The first-order valence-electron chi connectivity index (χ1n) is 8.87. The maximum Gasteiger partial charge on any atom is 0.261 e. The van der Waals surface area contributed by atoms with E-state index in [-0.39, 0.29) is 24.1 Å². The molecule has 1 saturated heterocycles. The molecule has 8 nitrogen and oxygen atoms in total. The van der Waals surface area contributed by atoms with Crippen LogP contribution < -0.4 is 10.3 Å².